The molecule has 6 heteroatoms. The van der Waals surface area contributed by atoms with Crippen molar-refractivity contribution in [2.24, 2.45) is 23.2 Å². The quantitative estimate of drug-likeness (QED) is 0.658. The van der Waals surface area contributed by atoms with Gasteiger partial charge in [-0.05, 0) is 77.2 Å². The van der Waals surface area contributed by atoms with Crippen molar-refractivity contribution in [1.29, 1.82) is 0 Å². The average Bonchev–Trinajstić information content (AvgIpc) is 3.06. The zero-order valence-electron chi connectivity index (χ0n) is 18.4. The first-order chi connectivity index (χ1) is 14.1. The molecule has 0 spiro atoms. The Morgan fingerprint density at radius 3 is 2.37 bits per heavy atom. The van der Waals surface area contributed by atoms with Crippen LogP contribution in [0.4, 0.5) is 5.69 Å². The molecule has 0 saturated heterocycles. The first kappa shape index (κ1) is 22.8. The molecule has 1 aromatic heterocycles. The molecule has 3 rings (SSSR count). The van der Waals surface area contributed by atoms with Crippen molar-refractivity contribution < 1.29 is 19.8 Å². The summed E-state index contributed by atoms with van der Waals surface area (Å²) in [5, 5.41) is 19.3. The van der Waals surface area contributed by atoms with Crippen molar-refractivity contribution in [2.45, 2.75) is 72.3 Å². The van der Waals surface area contributed by atoms with Gasteiger partial charge in [-0.1, -0.05) is 18.8 Å². The van der Waals surface area contributed by atoms with E-state index in [1.54, 1.807) is 11.0 Å². The number of carboxylic acids is 1. The van der Waals surface area contributed by atoms with Crippen molar-refractivity contribution >= 4 is 28.9 Å². The van der Waals surface area contributed by atoms with E-state index in [4.69, 9.17) is 0 Å². The van der Waals surface area contributed by atoms with Crippen molar-refractivity contribution in [1.82, 2.24) is 0 Å². The van der Waals surface area contributed by atoms with Crippen LogP contribution in [-0.4, -0.2) is 34.7 Å². The monoisotopic (exact) mass is 431 g/mol. The molecule has 2 aliphatic carbocycles. The van der Waals surface area contributed by atoms with E-state index < -0.39 is 5.97 Å². The molecular weight excluding hydrogens is 398 g/mol. The van der Waals surface area contributed by atoms with Gasteiger partial charge in [0.25, 0.3) is 0 Å². The SMILES string of the molecule is CC(C)(C)C#Cc1cc(N(C(=O)[C@H]2CC[C@H](C)CC2)[C@H]2C[C@@H](CO)C2)c(C(=O)O)s1. The number of amides is 1. The van der Waals surface area contributed by atoms with Crippen LogP contribution < -0.4 is 4.90 Å². The van der Waals surface area contributed by atoms with Crippen LogP contribution >= 0.6 is 11.3 Å². The van der Waals surface area contributed by atoms with E-state index in [1.165, 1.54) is 0 Å². The summed E-state index contributed by atoms with van der Waals surface area (Å²) in [5.41, 5.74) is 0.292. The van der Waals surface area contributed by atoms with Gasteiger partial charge in [-0.2, -0.15) is 0 Å². The second-order valence-electron chi connectivity index (χ2n) is 9.97. The molecule has 164 valence electrons. The number of aliphatic hydroxyl groups is 1. The standard InChI is InChI=1S/C24H33NO4S/c1-15-5-7-17(8-6-15)22(27)25(18-11-16(12-18)14-26)20-13-19(9-10-24(2,3)4)30-21(20)23(28)29/h13,15-18,26H,5-8,11-12,14H2,1-4H3,(H,28,29)/t15-,16-,17-,18+. The highest BCUT2D eigenvalue weighted by atomic mass is 32.1. The molecule has 1 heterocycles. The molecule has 0 aliphatic heterocycles. The van der Waals surface area contributed by atoms with E-state index in [2.05, 4.69) is 18.8 Å². The topological polar surface area (TPSA) is 77.8 Å². The number of thiophene rings is 1. The highest BCUT2D eigenvalue weighted by Gasteiger charge is 2.41. The van der Waals surface area contributed by atoms with Gasteiger partial charge in [-0.3, -0.25) is 4.79 Å². The van der Waals surface area contributed by atoms with Gasteiger partial charge < -0.3 is 15.1 Å². The summed E-state index contributed by atoms with van der Waals surface area (Å²) >= 11 is 1.14. The number of carbonyl (C=O) groups is 2. The van der Waals surface area contributed by atoms with Gasteiger partial charge in [0.15, 0.2) is 0 Å². The number of anilines is 1. The fourth-order valence-corrected chi connectivity index (χ4v) is 5.13. The molecule has 2 aliphatic rings. The maximum Gasteiger partial charge on any atom is 0.348 e. The highest BCUT2D eigenvalue weighted by molar-refractivity contribution is 7.15. The Balaban J connectivity index is 1.96. The lowest BCUT2D eigenvalue weighted by Gasteiger charge is -2.44. The zero-order valence-corrected chi connectivity index (χ0v) is 19.2. The van der Waals surface area contributed by atoms with E-state index in [0.717, 1.165) is 37.0 Å². The molecule has 1 amide bonds. The average molecular weight is 432 g/mol. The van der Waals surface area contributed by atoms with E-state index in [-0.39, 0.29) is 40.7 Å². The molecule has 1 aromatic rings. The summed E-state index contributed by atoms with van der Waals surface area (Å²) in [4.78, 5) is 28.2. The minimum absolute atomic E-state index is 0.0407. The molecule has 0 atom stereocenters. The molecule has 5 nitrogen and oxygen atoms in total. The summed E-state index contributed by atoms with van der Waals surface area (Å²) in [7, 11) is 0. The van der Waals surface area contributed by atoms with Crippen molar-refractivity contribution in [3.63, 3.8) is 0 Å². The van der Waals surface area contributed by atoms with Gasteiger partial charge >= 0.3 is 5.97 Å². The molecular formula is C24H33NO4S. The maximum atomic E-state index is 13.6. The van der Waals surface area contributed by atoms with E-state index in [0.29, 0.717) is 29.3 Å². The van der Waals surface area contributed by atoms with Crippen molar-refractivity contribution in [3.8, 4) is 11.8 Å². The summed E-state index contributed by atoms with van der Waals surface area (Å²) in [5.74, 6) is 6.05. The molecule has 2 fully saturated rings. The summed E-state index contributed by atoms with van der Waals surface area (Å²) in [6, 6.07) is 1.73. The molecule has 2 saturated carbocycles. The van der Waals surface area contributed by atoms with Crippen LogP contribution in [0.1, 0.15) is 80.8 Å². The van der Waals surface area contributed by atoms with Gasteiger partial charge in [0, 0.05) is 24.0 Å². The minimum atomic E-state index is -1.02. The van der Waals surface area contributed by atoms with Gasteiger partial charge in [0.2, 0.25) is 5.91 Å². The van der Waals surface area contributed by atoms with Crippen molar-refractivity contribution in [2.75, 3.05) is 11.5 Å². The largest absolute Gasteiger partial charge is 0.477 e. The molecule has 0 aromatic carbocycles. The smallest absolute Gasteiger partial charge is 0.348 e. The third kappa shape index (κ3) is 5.25. The predicted molar refractivity (Wildman–Crippen MR) is 120 cm³/mol. The van der Waals surface area contributed by atoms with Gasteiger partial charge in [0.05, 0.1) is 10.6 Å². The molecule has 30 heavy (non-hydrogen) atoms. The second-order valence-corrected chi connectivity index (χ2v) is 11.0. The number of nitrogens with zero attached hydrogens (tertiary/aromatic N) is 1. The van der Waals surface area contributed by atoms with Crippen LogP contribution in [-0.2, 0) is 4.79 Å². The fraction of sp³-hybridized carbons (Fsp3) is 0.667. The maximum absolute atomic E-state index is 13.6. The van der Waals surface area contributed by atoms with Crippen LogP contribution in [0, 0.1) is 35.0 Å². The summed E-state index contributed by atoms with van der Waals surface area (Å²) in [6.45, 7) is 8.36. The normalized spacial score (nSPS) is 26.3. The Morgan fingerprint density at radius 2 is 1.83 bits per heavy atom. The molecule has 0 bridgehead atoms. The lowest BCUT2D eigenvalue weighted by molar-refractivity contribution is -0.124. The Labute approximate surface area is 183 Å². The summed E-state index contributed by atoms with van der Waals surface area (Å²) in [6.07, 6.45) is 5.20. The zero-order chi connectivity index (χ0) is 22.1. The number of aromatic carboxylic acids is 1. The van der Waals surface area contributed by atoms with E-state index in [9.17, 15) is 19.8 Å². The third-order valence-electron chi connectivity index (χ3n) is 6.16. The number of carboxylic acid groups (broad SMARTS) is 1. The first-order valence-electron chi connectivity index (χ1n) is 10.9. The predicted octanol–water partition coefficient (Wildman–Crippen LogP) is 4.77. The number of aliphatic hydroxyl groups excluding tert-OH is 1. The van der Waals surface area contributed by atoms with Crippen LogP contribution in [0.25, 0.3) is 0 Å². The molecule has 2 N–H and O–H groups in total. The van der Waals surface area contributed by atoms with Crippen LogP contribution in [0.5, 0.6) is 0 Å². The number of rotatable bonds is 5. The van der Waals surface area contributed by atoms with Crippen LogP contribution in [0.15, 0.2) is 6.07 Å². The Kier molecular flexibility index (Phi) is 6.94. The van der Waals surface area contributed by atoms with Crippen LogP contribution in [0.2, 0.25) is 0 Å². The Bertz CT molecular complexity index is 843. The number of hydrogen-bond acceptors (Lipinski definition) is 4. The van der Waals surface area contributed by atoms with Crippen LogP contribution in [0.3, 0.4) is 0 Å². The van der Waals surface area contributed by atoms with Gasteiger partial charge in [-0.15, -0.1) is 11.3 Å². The first-order valence-corrected chi connectivity index (χ1v) is 11.7. The number of carbonyl (C=O) groups excluding carboxylic acids is 1. The minimum Gasteiger partial charge on any atom is -0.477 e. The van der Waals surface area contributed by atoms with E-state index in [1.807, 2.05) is 20.8 Å². The Hall–Kier alpha value is -1.84. The third-order valence-corrected chi connectivity index (χ3v) is 7.19. The lowest BCUT2D eigenvalue weighted by Crippen LogP contribution is -2.51. The molecule has 0 unspecified atom stereocenters. The number of hydrogen-bond donors (Lipinski definition) is 2. The highest BCUT2D eigenvalue weighted by Crippen LogP contribution is 2.41. The van der Waals surface area contributed by atoms with Gasteiger partial charge in [0.1, 0.15) is 4.88 Å². The molecule has 0 radical (unpaired) electrons. The van der Waals surface area contributed by atoms with E-state index >= 15 is 0 Å². The Morgan fingerprint density at radius 1 is 1.20 bits per heavy atom. The van der Waals surface area contributed by atoms with Gasteiger partial charge in [-0.25, -0.2) is 4.79 Å². The lowest BCUT2D eigenvalue weighted by atomic mass is 9.77. The second kappa shape index (κ2) is 9.11. The summed E-state index contributed by atoms with van der Waals surface area (Å²) < 4.78 is 0. The fourth-order valence-electron chi connectivity index (χ4n) is 4.28. The van der Waals surface area contributed by atoms with Crippen molar-refractivity contribution in [3.05, 3.63) is 15.8 Å².